The van der Waals surface area contributed by atoms with E-state index in [1.807, 2.05) is 22.9 Å². The zero-order valence-corrected chi connectivity index (χ0v) is 8.51. The van der Waals surface area contributed by atoms with Crippen LogP contribution >= 0.6 is 0 Å². The van der Waals surface area contributed by atoms with E-state index >= 15 is 0 Å². The lowest BCUT2D eigenvalue weighted by molar-refractivity contribution is -0.146. The second-order valence-corrected chi connectivity index (χ2v) is 3.13. The lowest BCUT2D eigenvalue weighted by Gasteiger charge is -2.02. The van der Waals surface area contributed by atoms with Gasteiger partial charge in [0.2, 0.25) is 0 Å². The van der Waals surface area contributed by atoms with Crippen molar-refractivity contribution >= 4 is 17.8 Å². The van der Waals surface area contributed by atoms with Gasteiger partial charge in [0, 0.05) is 18.4 Å². The summed E-state index contributed by atoms with van der Waals surface area (Å²) in [6, 6.07) is 3.70. The fourth-order valence-corrected chi connectivity index (χ4v) is 1.26. The van der Waals surface area contributed by atoms with Gasteiger partial charge in [-0.2, -0.15) is 0 Å². The summed E-state index contributed by atoms with van der Waals surface area (Å²) >= 11 is 0. The van der Waals surface area contributed by atoms with E-state index in [1.54, 1.807) is 0 Å². The Bertz CT molecular complexity index is 390. The molecule has 0 unspecified atom stereocenters. The molecule has 0 radical (unpaired) electrons. The Labute approximate surface area is 87.8 Å². The standard InChI is InChI=1S/C11H13NO3/c1-2-7-12-8-3-4-9(12)5-6-10(13)11(14)15/h3-6,8H,2,7H2,1H3,(H,14,15)/b6-5+. The van der Waals surface area contributed by atoms with Crippen LogP contribution in [0.2, 0.25) is 0 Å². The van der Waals surface area contributed by atoms with Crippen LogP contribution in [-0.4, -0.2) is 21.4 Å². The van der Waals surface area contributed by atoms with E-state index < -0.39 is 11.8 Å². The van der Waals surface area contributed by atoms with Crippen molar-refractivity contribution in [1.29, 1.82) is 0 Å². The third kappa shape index (κ3) is 3.09. The normalized spacial score (nSPS) is 10.7. The number of carboxylic acids is 1. The molecular weight excluding hydrogens is 194 g/mol. The summed E-state index contributed by atoms with van der Waals surface area (Å²) in [5, 5.41) is 8.38. The van der Waals surface area contributed by atoms with E-state index in [1.165, 1.54) is 6.08 Å². The van der Waals surface area contributed by atoms with Crippen LogP contribution in [0, 0.1) is 0 Å². The predicted octanol–water partition coefficient (Wildman–Crippen LogP) is 1.56. The van der Waals surface area contributed by atoms with Crippen LogP contribution in [0.25, 0.3) is 6.08 Å². The molecule has 1 rings (SSSR count). The van der Waals surface area contributed by atoms with Gasteiger partial charge >= 0.3 is 5.97 Å². The molecule has 4 nitrogen and oxygen atoms in total. The second kappa shape index (κ2) is 5.14. The molecule has 0 spiro atoms. The lowest BCUT2D eigenvalue weighted by atomic mass is 10.3. The number of ketones is 1. The first-order chi connectivity index (χ1) is 7.15. The molecule has 1 N–H and O–H groups in total. The Morgan fingerprint density at radius 3 is 2.87 bits per heavy atom. The monoisotopic (exact) mass is 207 g/mol. The van der Waals surface area contributed by atoms with E-state index in [0.717, 1.165) is 24.7 Å². The van der Waals surface area contributed by atoms with Gasteiger partial charge in [0.15, 0.2) is 0 Å². The van der Waals surface area contributed by atoms with Crippen molar-refractivity contribution in [2.45, 2.75) is 19.9 Å². The SMILES string of the molecule is CCCn1cccc1/C=C/C(=O)C(=O)O. The predicted molar refractivity (Wildman–Crippen MR) is 56.4 cm³/mol. The van der Waals surface area contributed by atoms with Gasteiger partial charge in [-0.25, -0.2) is 4.79 Å². The van der Waals surface area contributed by atoms with Gasteiger partial charge in [0.05, 0.1) is 0 Å². The van der Waals surface area contributed by atoms with Gasteiger partial charge in [-0.3, -0.25) is 4.79 Å². The highest BCUT2D eigenvalue weighted by molar-refractivity contribution is 6.38. The largest absolute Gasteiger partial charge is 0.475 e. The molecule has 0 fully saturated rings. The zero-order valence-electron chi connectivity index (χ0n) is 8.51. The van der Waals surface area contributed by atoms with Crippen molar-refractivity contribution in [3.63, 3.8) is 0 Å². The number of hydrogen-bond donors (Lipinski definition) is 1. The summed E-state index contributed by atoms with van der Waals surface area (Å²) < 4.78 is 1.96. The van der Waals surface area contributed by atoms with Crippen LogP contribution in [0.1, 0.15) is 19.0 Å². The molecule has 0 bridgehead atoms. The van der Waals surface area contributed by atoms with Crippen LogP contribution < -0.4 is 0 Å². The Morgan fingerprint density at radius 1 is 1.53 bits per heavy atom. The van der Waals surface area contributed by atoms with Crippen molar-refractivity contribution < 1.29 is 14.7 Å². The molecule has 15 heavy (non-hydrogen) atoms. The number of aryl methyl sites for hydroxylation is 1. The molecule has 0 aromatic carbocycles. The molecule has 0 atom stereocenters. The first-order valence-electron chi connectivity index (χ1n) is 4.75. The Hall–Kier alpha value is -1.84. The molecule has 80 valence electrons. The summed E-state index contributed by atoms with van der Waals surface area (Å²) in [6.07, 6.45) is 5.48. The van der Waals surface area contributed by atoms with Crippen LogP contribution in [0.15, 0.2) is 24.4 Å². The summed E-state index contributed by atoms with van der Waals surface area (Å²) in [7, 11) is 0. The van der Waals surface area contributed by atoms with E-state index in [0.29, 0.717) is 0 Å². The maximum absolute atomic E-state index is 10.8. The lowest BCUT2D eigenvalue weighted by Crippen LogP contribution is -2.08. The highest BCUT2D eigenvalue weighted by Crippen LogP contribution is 2.05. The number of aliphatic carboxylic acids is 1. The van der Waals surface area contributed by atoms with Crippen LogP contribution in [-0.2, 0) is 16.1 Å². The third-order valence-electron chi connectivity index (χ3n) is 1.95. The van der Waals surface area contributed by atoms with Crippen molar-refractivity contribution in [2.75, 3.05) is 0 Å². The highest BCUT2D eigenvalue weighted by Gasteiger charge is 2.06. The van der Waals surface area contributed by atoms with E-state index in [-0.39, 0.29) is 0 Å². The van der Waals surface area contributed by atoms with Crippen LogP contribution in [0.5, 0.6) is 0 Å². The topological polar surface area (TPSA) is 59.3 Å². The summed E-state index contributed by atoms with van der Waals surface area (Å²) in [5.74, 6) is -2.33. The number of hydrogen-bond acceptors (Lipinski definition) is 2. The molecule has 0 saturated carbocycles. The molecule has 1 aromatic rings. The Morgan fingerprint density at radius 2 is 2.27 bits per heavy atom. The van der Waals surface area contributed by atoms with Gasteiger partial charge in [-0.05, 0) is 30.7 Å². The summed E-state index contributed by atoms with van der Waals surface area (Å²) in [5.41, 5.74) is 0.839. The Kier molecular flexibility index (Phi) is 3.85. The fourth-order valence-electron chi connectivity index (χ4n) is 1.26. The molecule has 1 heterocycles. The van der Waals surface area contributed by atoms with Gasteiger partial charge in [0.25, 0.3) is 5.78 Å². The zero-order chi connectivity index (χ0) is 11.3. The summed E-state index contributed by atoms with van der Waals surface area (Å²) in [6.45, 7) is 2.91. The number of aromatic nitrogens is 1. The minimum atomic E-state index is -1.43. The van der Waals surface area contributed by atoms with Crippen LogP contribution in [0.3, 0.4) is 0 Å². The molecule has 0 saturated heterocycles. The van der Waals surface area contributed by atoms with Crippen molar-refractivity contribution in [1.82, 2.24) is 4.57 Å². The summed E-state index contributed by atoms with van der Waals surface area (Å²) in [4.78, 5) is 21.1. The van der Waals surface area contributed by atoms with Gasteiger partial charge < -0.3 is 9.67 Å². The molecular formula is C11H13NO3. The fraction of sp³-hybridized carbons (Fsp3) is 0.273. The number of carbonyl (C=O) groups excluding carboxylic acids is 1. The van der Waals surface area contributed by atoms with E-state index in [2.05, 4.69) is 6.92 Å². The molecule has 0 aliphatic rings. The number of rotatable bonds is 5. The van der Waals surface area contributed by atoms with Crippen molar-refractivity contribution in [2.24, 2.45) is 0 Å². The molecule has 0 amide bonds. The number of nitrogens with zero attached hydrogens (tertiary/aromatic N) is 1. The average Bonchev–Trinajstić information content (AvgIpc) is 2.62. The number of carboxylic acid groups (broad SMARTS) is 1. The van der Waals surface area contributed by atoms with Gasteiger partial charge in [-0.15, -0.1) is 0 Å². The van der Waals surface area contributed by atoms with Gasteiger partial charge in [0.1, 0.15) is 0 Å². The first-order valence-corrected chi connectivity index (χ1v) is 4.75. The smallest absolute Gasteiger partial charge is 0.376 e. The second-order valence-electron chi connectivity index (χ2n) is 3.13. The Balaban J connectivity index is 2.75. The first kappa shape index (κ1) is 11.2. The maximum atomic E-state index is 10.8. The third-order valence-corrected chi connectivity index (χ3v) is 1.95. The van der Waals surface area contributed by atoms with Gasteiger partial charge in [-0.1, -0.05) is 6.92 Å². The van der Waals surface area contributed by atoms with E-state index in [9.17, 15) is 9.59 Å². The molecule has 0 aliphatic carbocycles. The average molecular weight is 207 g/mol. The van der Waals surface area contributed by atoms with Crippen molar-refractivity contribution in [3.05, 3.63) is 30.1 Å². The van der Waals surface area contributed by atoms with Crippen LogP contribution in [0.4, 0.5) is 0 Å². The highest BCUT2D eigenvalue weighted by atomic mass is 16.4. The molecule has 4 heteroatoms. The minimum absolute atomic E-state index is 0.839. The number of carbonyl (C=O) groups is 2. The van der Waals surface area contributed by atoms with E-state index in [4.69, 9.17) is 5.11 Å². The maximum Gasteiger partial charge on any atom is 0.376 e. The quantitative estimate of drug-likeness (QED) is 0.588. The van der Waals surface area contributed by atoms with Crippen molar-refractivity contribution in [3.8, 4) is 0 Å². The minimum Gasteiger partial charge on any atom is -0.475 e. The molecule has 1 aromatic heterocycles. The molecule has 0 aliphatic heterocycles.